The van der Waals surface area contributed by atoms with E-state index in [0.29, 0.717) is 16.2 Å². The van der Waals surface area contributed by atoms with Gasteiger partial charge in [-0.05, 0) is 32.0 Å². The third-order valence-electron chi connectivity index (χ3n) is 3.23. The molecule has 3 rings (SSSR count). The van der Waals surface area contributed by atoms with Crippen molar-refractivity contribution >= 4 is 33.9 Å². The number of ether oxygens (including phenoxy) is 1. The fraction of sp³-hybridized carbons (Fsp3) is 0.188. The van der Waals surface area contributed by atoms with Gasteiger partial charge < -0.3 is 14.5 Å². The summed E-state index contributed by atoms with van der Waals surface area (Å²) in [5.74, 6) is -1.40. The predicted octanol–water partition coefficient (Wildman–Crippen LogP) is 3.27. The number of nitrogens with zero attached hydrogens (tertiary/aromatic N) is 2. The summed E-state index contributed by atoms with van der Waals surface area (Å²) in [4.78, 5) is 29.3. The minimum atomic E-state index is -0.491. The molecule has 124 valence electrons. The van der Waals surface area contributed by atoms with Crippen LogP contribution in [-0.2, 0) is 4.74 Å². The van der Waals surface area contributed by atoms with E-state index in [1.165, 1.54) is 40.3 Å². The van der Waals surface area contributed by atoms with Gasteiger partial charge in [-0.1, -0.05) is 0 Å². The number of halogens is 1. The number of thiophene rings is 1. The van der Waals surface area contributed by atoms with Crippen LogP contribution in [0.3, 0.4) is 0 Å². The van der Waals surface area contributed by atoms with Crippen molar-refractivity contribution in [1.29, 1.82) is 0 Å². The molecule has 0 radical (unpaired) electrons. The number of carbonyl (C=O) groups is 2. The van der Waals surface area contributed by atoms with Crippen molar-refractivity contribution in [3.63, 3.8) is 0 Å². The van der Waals surface area contributed by atoms with Gasteiger partial charge in [0.2, 0.25) is 0 Å². The van der Waals surface area contributed by atoms with Crippen molar-refractivity contribution < 1.29 is 18.7 Å². The molecule has 6 nitrogen and oxygen atoms in total. The highest BCUT2D eigenvalue weighted by Crippen LogP contribution is 2.28. The smallest absolute Gasteiger partial charge is 0.341 e. The van der Waals surface area contributed by atoms with Gasteiger partial charge in [-0.3, -0.25) is 4.79 Å². The Morgan fingerprint density at radius 1 is 1.38 bits per heavy atom. The third kappa shape index (κ3) is 3.13. The number of pyridine rings is 1. The summed E-state index contributed by atoms with van der Waals surface area (Å²) in [7, 11) is 0. The van der Waals surface area contributed by atoms with Crippen LogP contribution < -0.4 is 5.32 Å². The van der Waals surface area contributed by atoms with Gasteiger partial charge in [0, 0.05) is 17.3 Å². The van der Waals surface area contributed by atoms with E-state index < -0.39 is 17.7 Å². The molecule has 0 bridgehead atoms. The van der Waals surface area contributed by atoms with E-state index >= 15 is 0 Å². The minimum Gasteiger partial charge on any atom is -0.462 e. The Morgan fingerprint density at radius 3 is 2.92 bits per heavy atom. The number of nitrogens with one attached hydrogen (secondary N) is 1. The Bertz CT molecular complexity index is 932. The van der Waals surface area contributed by atoms with Gasteiger partial charge in [0.25, 0.3) is 5.91 Å². The van der Waals surface area contributed by atoms with Crippen molar-refractivity contribution in [3.05, 3.63) is 52.5 Å². The lowest BCUT2D eigenvalue weighted by Crippen LogP contribution is -2.14. The number of esters is 1. The van der Waals surface area contributed by atoms with Gasteiger partial charge in [0.1, 0.15) is 22.2 Å². The van der Waals surface area contributed by atoms with Gasteiger partial charge in [0.15, 0.2) is 0 Å². The van der Waals surface area contributed by atoms with Gasteiger partial charge in [-0.15, -0.1) is 11.3 Å². The molecule has 3 aromatic rings. The Kier molecular flexibility index (Phi) is 4.30. The summed E-state index contributed by atoms with van der Waals surface area (Å²) < 4.78 is 19.6. The maximum Gasteiger partial charge on any atom is 0.341 e. The van der Waals surface area contributed by atoms with Gasteiger partial charge in [-0.2, -0.15) is 0 Å². The van der Waals surface area contributed by atoms with Crippen LogP contribution in [0.15, 0.2) is 30.6 Å². The summed E-state index contributed by atoms with van der Waals surface area (Å²) in [6.45, 7) is 3.79. The summed E-state index contributed by atoms with van der Waals surface area (Å²) in [5, 5.41) is 3.07. The molecule has 0 aliphatic heterocycles. The van der Waals surface area contributed by atoms with Gasteiger partial charge in [0.05, 0.1) is 12.2 Å². The normalized spacial score (nSPS) is 10.8. The number of imidazole rings is 1. The van der Waals surface area contributed by atoms with Gasteiger partial charge in [-0.25, -0.2) is 14.2 Å². The summed E-state index contributed by atoms with van der Waals surface area (Å²) in [6, 6.07) is 4.41. The summed E-state index contributed by atoms with van der Waals surface area (Å²) in [6.07, 6.45) is 2.66. The van der Waals surface area contributed by atoms with Crippen molar-refractivity contribution in [2.75, 3.05) is 11.9 Å². The molecular weight excluding hydrogens is 333 g/mol. The van der Waals surface area contributed by atoms with E-state index in [1.54, 1.807) is 13.0 Å². The molecule has 0 saturated heterocycles. The van der Waals surface area contributed by atoms with E-state index in [1.807, 2.05) is 6.92 Å². The third-order valence-corrected chi connectivity index (χ3v) is 4.19. The fourth-order valence-electron chi connectivity index (χ4n) is 2.21. The molecule has 0 saturated carbocycles. The molecule has 3 heterocycles. The molecule has 0 atom stereocenters. The zero-order valence-electron chi connectivity index (χ0n) is 13.0. The second kappa shape index (κ2) is 6.40. The molecular formula is C16H14FN3O3S. The number of anilines is 1. The number of amides is 1. The molecule has 0 fully saturated rings. The first-order valence-electron chi connectivity index (χ1n) is 7.21. The molecule has 1 amide bonds. The van der Waals surface area contributed by atoms with Crippen LogP contribution in [0.25, 0.3) is 5.65 Å². The molecule has 1 N–H and O–H groups in total. The van der Waals surface area contributed by atoms with Crippen molar-refractivity contribution in [2.45, 2.75) is 13.8 Å². The molecule has 0 aromatic carbocycles. The average molecular weight is 347 g/mol. The largest absolute Gasteiger partial charge is 0.462 e. The van der Waals surface area contributed by atoms with E-state index in [-0.39, 0.29) is 12.3 Å². The Balaban J connectivity index is 1.87. The zero-order valence-corrected chi connectivity index (χ0v) is 13.8. The zero-order chi connectivity index (χ0) is 17.3. The van der Waals surface area contributed by atoms with Crippen molar-refractivity contribution in [3.8, 4) is 0 Å². The topological polar surface area (TPSA) is 72.7 Å². The first kappa shape index (κ1) is 16.1. The minimum absolute atomic E-state index is 0.126. The highest BCUT2D eigenvalue weighted by atomic mass is 32.1. The van der Waals surface area contributed by atoms with Crippen LogP contribution in [0.1, 0.15) is 32.6 Å². The first-order valence-corrected chi connectivity index (χ1v) is 8.02. The van der Waals surface area contributed by atoms with Crippen LogP contribution in [0.4, 0.5) is 9.39 Å². The van der Waals surface area contributed by atoms with Crippen LogP contribution in [0, 0.1) is 12.7 Å². The van der Waals surface area contributed by atoms with E-state index in [0.717, 1.165) is 4.88 Å². The van der Waals surface area contributed by atoms with Crippen molar-refractivity contribution in [2.24, 2.45) is 0 Å². The Labute approximate surface area is 140 Å². The number of fused-ring (bicyclic) bond motifs is 1. The van der Waals surface area contributed by atoms with Crippen LogP contribution >= 0.6 is 11.3 Å². The van der Waals surface area contributed by atoms with E-state index in [2.05, 4.69) is 10.3 Å². The SMILES string of the molecule is CCOC(=O)c1cc(C)sc1NC(=O)c1cn2cc(F)ccc2n1. The molecule has 0 spiro atoms. The lowest BCUT2D eigenvalue weighted by molar-refractivity contribution is 0.0528. The molecule has 0 unspecified atom stereocenters. The Hall–Kier alpha value is -2.74. The maximum atomic E-state index is 13.2. The first-order chi connectivity index (χ1) is 11.5. The maximum absolute atomic E-state index is 13.2. The average Bonchev–Trinajstić information content (AvgIpc) is 3.10. The fourth-order valence-corrected chi connectivity index (χ4v) is 3.10. The summed E-state index contributed by atoms with van der Waals surface area (Å²) in [5.41, 5.74) is 0.887. The molecule has 8 heteroatoms. The van der Waals surface area contributed by atoms with Crippen molar-refractivity contribution in [1.82, 2.24) is 9.38 Å². The number of hydrogen-bond acceptors (Lipinski definition) is 5. The number of aromatic nitrogens is 2. The monoisotopic (exact) mass is 347 g/mol. The highest BCUT2D eigenvalue weighted by molar-refractivity contribution is 7.16. The quantitative estimate of drug-likeness (QED) is 0.735. The lowest BCUT2D eigenvalue weighted by Gasteiger charge is -2.04. The highest BCUT2D eigenvalue weighted by Gasteiger charge is 2.19. The number of hydrogen-bond donors (Lipinski definition) is 1. The second-order valence-electron chi connectivity index (χ2n) is 5.01. The molecule has 0 aliphatic rings. The van der Waals surface area contributed by atoms with E-state index in [9.17, 15) is 14.0 Å². The van der Waals surface area contributed by atoms with E-state index in [4.69, 9.17) is 4.74 Å². The van der Waals surface area contributed by atoms with Crippen LogP contribution in [0.5, 0.6) is 0 Å². The lowest BCUT2D eigenvalue weighted by atomic mass is 10.3. The number of carbonyl (C=O) groups excluding carboxylic acids is 2. The molecule has 24 heavy (non-hydrogen) atoms. The molecule has 3 aromatic heterocycles. The van der Waals surface area contributed by atoms with Crippen LogP contribution in [0.2, 0.25) is 0 Å². The number of rotatable bonds is 4. The molecule has 0 aliphatic carbocycles. The van der Waals surface area contributed by atoms with Gasteiger partial charge >= 0.3 is 5.97 Å². The summed E-state index contributed by atoms with van der Waals surface area (Å²) >= 11 is 1.27. The standard InChI is InChI=1S/C16H14FN3O3S/c1-3-23-16(22)11-6-9(2)24-15(11)19-14(21)12-8-20-7-10(17)4-5-13(20)18-12/h4-8H,3H2,1-2H3,(H,19,21). The predicted molar refractivity (Wildman–Crippen MR) is 88.1 cm³/mol. The number of aryl methyl sites for hydroxylation is 1. The second-order valence-corrected chi connectivity index (χ2v) is 6.27. The van der Waals surface area contributed by atoms with Crippen LogP contribution in [-0.4, -0.2) is 27.9 Å². The Morgan fingerprint density at radius 2 is 2.17 bits per heavy atom.